The van der Waals surface area contributed by atoms with Crippen molar-refractivity contribution in [1.82, 2.24) is 5.32 Å². The zero-order valence-corrected chi connectivity index (χ0v) is 13.5. The second-order valence-electron chi connectivity index (χ2n) is 6.54. The van der Waals surface area contributed by atoms with Gasteiger partial charge in [0, 0.05) is 30.5 Å². The van der Waals surface area contributed by atoms with Crippen LogP contribution < -0.4 is 11.1 Å². The molecule has 4 nitrogen and oxygen atoms in total. The third kappa shape index (κ3) is 3.96. The van der Waals surface area contributed by atoms with Gasteiger partial charge in [0.15, 0.2) is 6.23 Å². The number of halogens is 1. The summed E-state index contributed by atoms with van der Waals surface area (Å²) in [6.07, 6.45) is 0.548. The van der Waals surface area contributed by atoms with Gasteiger partial charge in [0.2, 0.25) is 0 Å². The molecule has 0 spiro atoms. The van der Waals surface area contributed by atoms with Crippen LogP contribution in [0, 0.1) is 5.41 Å². The van der Waals surface area contributed by atoms with Crippen molar-refractivity contribution in [3.63, 3.8) is 0 Å². The maximum absolute atomic E-state index is 11.9. The summed E-state index contributed by atoms with van der Waals surface area (Å²) >= 11 is 6.09. The van der Waals surface area contributed by atoms with Crippen molar-refractivity contribution in [2.75, 3.05) is 6.54 Å². The number of benzene rings is 1. The van der Waals surface area contributed by atoms with E-state index in [1.165, 1.54) is 5.56 Å². The number of esters is 1. The zero-order chi connectivity index (χ0) is 15.6. The van der Waals surface area contributed by atoms with E-state index in [2.05, 4.69) is 5.32 Å². The number of hydrogen-bond acceptors (Lipinski definition) is 4. The maximum atomic E-state index is 11.9. The Labute approximate surface area is 131 Å². The lowest BCUT2D eigenvalue weighted by Crippen LogP contribution is -2.33. The Morgan fingerprint density at radius 3 is 2.81 bits per heavy atom. The Balaban J connectivity index is 2.01. The second kappa shape index (κ2) is 6.34. The van der Waals surface area contributed by atoms with E-state index in [-0.39, 0.29) is 12.2 Å². The molecule has 0 radical (unpaired) electrons. The van der Waals surface area contributed by atoms with Gasteiger partial charge in [-0.3, -0.25) is 10.1 Å². The summed E-state index contributed by atoms with van der Waals surface area (Å²) in [7, 11) is 0. The Morgan fingerprint density at radius 2 is 2.19 bits per heavy atom. The van der Waals surface area contributed by atoms with Crippen molar-refractivity contribution < 1.29 is 9.53 Å². The number of carbonyl (C=O) groups excluding carboxylic acids is 1. The number of rotatable bonds is 3. The van der Waals surface area contributed by atoms with Gasteiger partial charge >= 0.3 is 5.97 Å². The summed E-state index contributed by atoms with van der Waals surface area (Å²) in [4.78, 5) is 11.9. The molecule has 0 aromatic heterocycles. The van der Waals surface area contributed by atoms with Crippen molar-refractivity contribution in [2.24, 2.45) is 11.1 Å². The molecular weight excluding hydrogens is 288 g/mol. The second-order valence-corrected chi connectivity index (χ2v) is 6.95. The zero-order valence-electron chi connectivity index (χ0n) is 12.8. The third-order valence-corrected chi connectivity index (χ3v) is 4.08. The van der Waals surface area contributed by atoms with E-state index in [0.717, 1.165) is 18.5 Å². The lowest BCUT2D eigenvalue weighted by atomic mass is 9.95. The molecule has 21 heavy (non-hydrogen) atoms. The van der Waals surface area contributed by atoms with Crippen molar-refractivity contribution in [3.8, 4) is 0 Å². The highest BCUT2D eigenvalue weighted by atomic mass is 35.5. The van der Waals surface area contributed by atoms with Crippen molar-refractivity contribution in [1.29, 1.82) is 0 Å². The maximum Gasteiger partial charge on any atom is 0.312 e. The third-order valence-electron chi connectivity index (χ3n) is 3.71. The molecule has 1 aromatic rings. The average Bonchev–Trinajstić information content (AvgIpc) is 2.86. The predicted octanol–water partition coefficient (Wildman–Crippen LogP) is 2.79. The molecule has 1 aromatic carbocycles. The van der Waals surface area contributed by atoms with E-state index in [0.29, 0.717) is 17.5 Å². The summed E-state index contributed by atoms with van der Waals surface area (Å²) in [5, 5.41) is 3.95. The highest BCUT2D eigenvalue weighted by molar-refractivity contribution is 6.31. The van der Waals surface area contributed by atoms with Crippen LogP contribution in [0.5, 0.6) is 0 Å². The smallest absolute Gasteiger partial charge is 0.312 e. The van der Waals surface area contributed by atoms with Gasteiger partial charge in [0.1, 0.15) is 0 Å². The molecule has 0 saturated carbocycles. The van der Waals surface area contributed by atoms with E-state index < -0.39 is 5.41 Å². The SMILES string of the molecule is CC(C)(C)C(=O)OC1CC(c2ccc(Cl)c(CN)c2)CN1. The van der Waals surface area contributed by atoms with Crippen LogP contribution in [0.25, 0.3) is 0 Å². The standard InChI is InChI=1S/C16H23ClN2O2/c1-16(2,3)15(20)21-14-7-12(9-19-14)10-4-5-13(17)11(6-10)8-18/h4-6,12,14,19H,7-9,18H2,1-3H3. The van der Waals surface area contributed by atoms with Crippen LogP contribution in [0.3, 0.4) is 0 Å². The molecule has 1 aliphatic heterocycles. The van der Waals surface area contributed by atoms with Crippen molar-refractivity contribution in [2.45, 2.75) is 45.9 Å². The molecule has 0 bridgehead atoms. The first-order valence-electron chi connectivity index (χ1n) is 7.24. The summed E-state index contributed by atoms with van der Waals surface area (Å²) in [5.41, 5.74) is 7.34. The lowest BCUT2D eigenvalue weighted by Gasteiger charge is -2.20. The monoisotopic (exact) mass is 310 g/mol. The molecule has 3 N–H and O–H groups in total. The quantitative estimate of drug-likeness (QED) is 0.843. The normalized spacial score (nSPS) is 22.3. The number of ether oxygens (including phenoxy) is 1. The van der Waals surface area contributed by atoms with E-state index in [4.69, 9.17) is 22.1 Å². The van der Waals surface area contributed by atoms with Crippen LogP contribution in [0.4, 0.5) is 0 Å². The van der Waals surface area contributed by atoms with Gasteiger partial charge in [0.05, 0.1) is 5.41 Å². The minimum absolute atomic E-state index is 0.181. The molecule has 1 heterocycles. The molecule has 2 rings (SSSR count). The Kier molecular flexibility index (Phi) is 4.91. The van der Waals surface area contributed by atoms with Crippen LogP contribution in [-0.4, -0.2) is 18.7 Å². The minimum Gasteiger partial charge on any atom is -0.446 e. The van der Waals surface area contributed by atoms with Gasteiger partial charge in [-0.25, -0.2) is 0 Å². The van der Waals surface area contributed by atoms with Crippen molar-refractivity contribution >= 4 is 17.6 Å². The highest BCUT2D eigenvalue weighted by Crippen LogP contribution is 2.30. The van der Waals surface area contributed by atoms with Gasteiger partial charge in [0.25, 0.3) is 0 Å². The Morgan fingerprint density at radius 1 is 1.48 bits per heavy atom. The molecule has 0 aliphatic carbocycles. The first kappa shape index (κ1) is 16.3. The molecular formula is C16H23ClN2O2. The lowest BCUT2D eigenvalue weighted by molar-refractivity contribution is -0.159. The molecule has 116 valence electrons. The van der Waals surface area contributed by atoms with Gasteiger partial charge in [-0.15, -0.1) is 0 Å². The van der Waals surface area contributed by atoms with Crippen LogP contribution in [0.1, 0.15) is 44.2 Å². The van der Waals surface area contributed by atoms with Gasteiger partial charge in [-0.05, 0) is 38.0 Å². The van der Waals surface area contributed by atoms with Crippen LogP contribution in [0.2, 0.25) is 5.02 Å². The first-order chi connectivity index (χ1) is 9.81. The van der Waals surface area contributed by atoms with E-state index in [1.54, 1.807) is 0 Å². The predicted molar refractivity (Wildman–Crippen MR) is 84.0 cm³/mol. The van der Waals surface area contributed by atoms with E-state index in [9.17, 15) is 4.79 Å². The molecule has 0 amide bonds. The largest absolute Gasteiger partial charge is 0.446 e. The van der Waals surface area contributed by atoms with E-state index >= 15 is 0 Å². The fraction of sp³-hybridized carbons (Fsp3) is 0.562. The molecule has 1 saturated heterocycles. The topological polar surface area (TPSA) is 64.3 Å². The van der Waals surface area contributed by atoms with E-state index in [1.807, 2.05) is 39.0 Å². The molecule has 1 fully saturated rings. The van der Waals surface area contributed by atoms with Crippen molar-refractivity contribution in [3.05, 3.63) is 34.3 Å². The Hall–Kier alpha value is -1.10. The van der Waals surface area contributed by atoms with Crippen LogP contribution in [-0.2, 0) is 16.1 Å². The molecule has 5 heteroatoms. The molecule has 1 aliphatic rings. The number of carbonyl (C=O) groups is 1. The first-order valence-corrected chi connectivity index (χ1v) is 7.62. The average molecular weight is 311 g/mol. The minimum atomic E-state index is -0.479. The van der Waals surface area contributed by atoms with Crippen LogP contribution in [0.15, 0.2) is 18.2 Å². The summed E-state index contributed by atoms with van der Waals surface area (Å²) in [5.74, 6) is 0.129. The summed E-state index contributed by atoms with van der Waals surface area (Å²) in [6, 6.07) is 5.94. The molecule has 2 unspecified atom stereocenters. The number of nitrogens with one attached hydrogen (secondary N) is 1. The molecule has 2 atom stereocenters. The number of hydrogen-bond donors (Lipinski definition) is 2. The summed E-state index contributed by atoms with van der Waals surface area (Å²) in [6.45, 7) is 6.78. The van der Waals surface area contributed by atoms with Gasteiger partial charge < -0.3 is 10.5 Å². The Bertz CT molecular complexity index is 525. The van der Waals surface area contributed by atoms with Crippen LogP contribution >= 0.6 is 11.6 Å². The number of nitrogens with two attached hydrogens (primary N) is 1. The fourth-order valence-corrected chi connectivity index (χ4v) is 2.55. The fourth-order valence-electron chi connectivity index (χ4n) is 2.35. The highest BCUT2D eigenvalue weighted by Gasteiger charge is 2.32. The van der Waals surface area contributed by atoms with Gasteiger partial charge in [-0.2, -0.15) is 0 Å². The summed E-state index contributed by atoms with van der Waals surface area (Å²) < 4.78 is 5.51. The van der Waals surface area contributed by atoms with Gasteiger partial charge in [-0.1, -0.05) is 23.7 Å².